The van der Waals surface area contributed by atoms with E-state index in [1.807, 2.05) is 0 Å². The highest BCUT2D eigenvalue weighted by Crippen LogP contribution is 2.23. The molecule has 1 atom stereocenters. The van der Waals surface area contributed by atoms with Crippen LogP contribution in [0.25, 0.3) is 0 Å². The molecule has 0 aromatic rings. The van der Waals surface area contributed by atoms with E-state index in [9.17, 15) is 4.79 Å². The number of hydrogen-bond donors (Lipinski definition) is 1. The van der Waals surface area contributed by atoms with Crippen LogP contribution in [0.1, 0.15) is 26.7 Å². The predicted molar refractivity (Wildman–Crippen MR) is 46.8 cm³/mol. The highest BCUT2D eigenvalue weighted by atomic mass is 16.5. The highest BCUT2D eigenvalue weighted by molar-refractivity contribution is 5.78. The molecule has 1 heterocycles. The standard InChI is InChI=1S/C9H17NO2/c1-9(2,12-3)5-7-4-8(11)10-6-7/h7H,4-6H2,1-3H3,(H,10,11). The molecule has 0 aromatic heterocycles. The minimum Gasteiger partial charge on any atom is -0.379 e. The Morgan fingerprint density at radius 2 is 2.33 bits per heavy atom. The summed E-state index contributed by atoms with van der Waals surface area (Å²) >= 11 is 0. The lowest BCUT2D eigenvalue weighted by molar-refractivity contribution is -0.119. The average molecular weight is 171 g/mol. The van der Waals surface area contributed by atoms with Gasteiger partial charge in [0, 0.05) is 20.1 Å². The van der Waals surface area contributed by atoms with Gasteiger partial charge in [-0.15, -0.1) is 0 Å². The van der Waals surface area contributed by atoms with Gasteiger partial charge in [-0.3, -0.25) is 4.79 Å². The van der Waals surface area contributed by atoms with E-state index in [-0.39, 0.29) is 11.5 Å². The second-order valence-corrected chi connectivity index (χ2v) is 4.04. The van der Waals surface area contributed by atoms with Crippen molar-refractivity contribution in [2.75, 3.05) is 13.7 Å². The van der Waals surface area contributed by atoms with Crippen molar-refractivity contribution in [1.82, 2.24) is 5.32 Å². The molecule has 3 nitrogen and oxygen atoms in total. The summed E-state index contributed by atoms with van der Waals surface area (Å²) in [5.41, 5.74) is -0.100. The Labute approximate surface area is 73.5 Å². The molecule has 0 radical (unpaired) electrons. The zero-order valence-corrected chi connectivity index (χ0v) is 8.02. The molecule has 1 unspecified atom stereocenters. The Hall–Kier alpha value is -0.570. The Morgan fingerprint density at radius 1 is 1.67 bits per heavy atom. The zero-order valence-electron chi connectivity index (χ0n) is 8.02. The third kappa shape index (κ3) is 2.48. The number of carbonyl (C=O) groups is 1. The van der Waals surface area contributed by atoms with Crippen LogP contribution in [0.4, 0.5) is 0 Å². The first-order chi connectivity index (χ1) is 5.53. The summed E-state index contributed by atoms with van der Waals surface area (Å²) in [6.07, 6.45) is 1.61. The fourth-order valence-electron chi connectivity index (χ4n) is 1.59. The third-order valence-electron chi connectivity index (χ3n) is 2.39. The Bertz CT molecular complexity index is 177. The van der Waals surface area contributed by atoms with Gasteiger partial charge >= 0.3 is 0 Å². The van der Waals surface area contributed by atoms with Crippen molar-refractivity contribution in [1.29, 1.82) is 0 Å². The highest BCUT2D eigenvalue weighted by Gasteiger charge is 2.28. The van der Waals surface area contributed by atoms with E-state index in [1.54, 1.807) is 7.11 Å². The second kappa shape index (κ2) is 3.44. The van der Waals surface area contributed by atoms with Crippen LogP contribution in [-0.4, -0.2) is 25.2 Å². The molecule has 0 saturated carbocycles. The quantitative estimate of drug-likeness (QED) is 0.686. The smallest absolute Gasteiger partial charge is 0.220 e. The van der Waals surface area contributed by atoms with Gasteiger partial charge < -0.3 is 10.1 Å². The molecule has 0 bridgehead atoms. The first-order valence-electron chi connectivity index (χ1n) is 4.35. The molecule has 0 aromatic carbocycles. The SMILES string of the molecule is COC(C)(C)CC1CNC(=O)C1. The fourth-order valence-corrected chi connectivity index (χ4v) is 1.59. The molecule has 0 aliphatic carbocycles. The van der Waals surface area contributed by atoms with Gasteiger partial charge in [-0.05, 0) is 26.2 Å². The van der Waals surface area contributed by atoms with Crippen molar-refractivity contribution in [2.24, 2.45) is 5.92 Å². The predicted octanol–water partition coefficient (Wildman–Crippen LogP) is 0.938. The normalized spacial score (nSPS) is 24.2. The van der Waals surface area contributed by atoms with Crippen molar-refractivity contribution in [3.05, 3.63) is 0 Å². The largest absolute Gasteiger partial charge is 0.379 e. The van der Waals surface area contributed by atoms with Crippen molar-refractivity contribution in [3.63, 3.8) is 0 Å². The van der Waals surface area contributed by atoms with E-state index in [0.29, 0.717) is 12.3 Å². The number of methoxy groups -OCH3 is 1. The lowest BCUT2D eigenvalue weighted by atomic mass is 9.93. The van der Waals surface area contributed by atoms with Crippen molar-refractivity contribution < 1.29 is 9.53 Å². The number of nitrogens with one attached hydrogen (secondary N) is 1. The molecular weight excluding hydrogens is 154 g/mol. The zero-order chi connectivity index (χ0) is 9.19. The average Bonchev–Trinajstić information content (AvgIpc) is 2.35. The van der Waals surface area contributed by atoms with Gasteiger partial charge in [0.1, 0.15) is 0 Å². The van der Waals surface area contributed by atoms with Gasteiger partial charge in [-0.2, -0.15) is 0 Å². The molecule has 1 fully saturated rings. The maximum atomic E-state index is 10.9. The maximum Gasteiger partial charge on any atom is 0.220 e. The Balaban J connectivity index is 2.36. The van der Waals surface area contributed by atoms with Crippen molar-refractivity contribution >= 4 is 5.91 Å². The van der Waals surface area contributed by atoms with E-state index in [4.69, 9.17) is 4.74 Å². The van der Waals surface area contributed by atoms with E-state index >= 15 is 0 Å². The summed E-state index contributed by atoms with van der Waals surface area (Å²) < 4.78 is 5.30. The summed E-state index contributed by atoms with van der Waals surface area (Å²) in [5, 5.41) is 2.82. The number of amides is 1. The van der Waals surface area contributed by atoms with Crippen LogP contribution in [0.3, 0.4) is 0 Å². The van der Waals surface area contributed by atoms with E-state index in [1.165, 1.54) is 0 Å². The molecular formula is C9H17NO2. The summed E-state index contributed by atoms with van der Waals surface area (Å²) in [6.45, 7) is 4.91. The van der Waals surface area contributed by atoms with Crippen LogP contribution >= 0.6 is 0 Å². The van der Waals surface area contributed by atoms with Crippen molar-refractivity contribution in [3.8, 4) is 0 Å². The lowest BCUT2D eigenvalue weighted by Gasteiger charge is -2.25. The molecule has 1 rings (SSSR count). The fraction of sp³-hybridized carbons (Fsp3) is 0.889. The number of carbonyl (C=O) groups excluding carboxylic acids is 1. The van der Waals surface area contributed by atoms with E-state index in [2.05, 4.69) is 19.2 Å². The summed E-state index contributed by atoms with van der Waals surface area (Å²) in [5.74, 6) is 0.624. The minimum absolute atomic E-state index is 0.100. The second-order valence-electron chi connectivity index (χ2n) is 4.04. The Kier molecular flexibility index (Phi) is 2.73. The van der Waals surface area contributed by atoms with Crippen LogP contribution in [0.2, 0.25) is 0 Å². The topological polar surface area (TPSA) is 38.3 Å². The number of hydrogen-bond acceptors (Lipinski definition) is 2. The molecule has 1 aliphatic rings. The minimum atomic E-state index is -0.100. The lowest BCUT2D eigenvalue weighted by Crippen LogP contribution is -2.27. The van der Waals surface area contributed by atoms with Gasteiger partial charge in [0.2, 0.25) is 5.91 Å². The van der Waals surface area contributed by atoms with Gasteiger partial charge in [0.05, 0.1) is 5.60 Å². The number of rotatable bonds is 3. The van der Waals surface area contributed by atoms with Crippen LogP contribution in [0, 0.1) is 5.92 Å². The third-order valence-corrected chi connectivity index (χ3v) is 2.39. The molecule has 1 aliphatic heterocycles. The molecule has 70 valence electrons. The van der Waals surface area contributed by atoms with Gasteiger partial charge in [-0.1, -0.05) is 0 Å². The van der Waals surface area contributed by atoms with Crippen LogP contribution in [-0.2, 0) is 9.53 Å². The molecule has 1 saturated heterocycles. The molecule has 0 spiro atoms. The van der Waals surface area contributed by atoms with Crippen LogP contribution in [0.15, 0.2) is 0 Å². The first kappa shape index (κ1) is 9.52. The molecule has 1 N–H and O–H groups in total. The van der Waals surface area contributed by atoms with E-state index < -0.39 is 0 Å². The van der Waals surface area contributed by atoms with Crippen LogP contribution in [0.5, 0.6) is 0 Å². The van der Waals surface area contributed by atoms with Crippen LogP contribution < -0.4 is 5.32 Å². The van der Waals surface area contributed by atoms with Gasteiger partial charge in [0.25, 0.3) is 0 Å². The molecule has 1 amide bonds. The summed E-state index contributed by atoms with van der Waals surface area (Å²) in [4.78, 5) is 10.9. The van der Waals surface area contributed by atoms with Crippen molar-refractivity contribution in [2.45, 2.75) is 32.3 Å². The molecule has 12 heavy (non-hydrogen) atoms. The first-order valence-corrected chi connectivity index (χ1v) is 4.35. The number of ether oxygens (including phenoxy) is 1. The molecule has 3 heteroatoms. The van der Waals surface area contributed by atoms with Gasteiger partial charge in [0.15, 0.2) is 0 Å². The monoisotopic (exact) mass is 171 g/mol. The summed E-state index contributed by atoms with van der Waals surface area (Å²) in [6, 6.07) is 0. The van der Waals surface area contributed by atoms with E-state index in [0.717, 1.165) is 13.0 Å². The Morgan fingerprint density at radius 3 is 2.75 bits per heavy atom. The maximum absolute atomic E-state index is 10.9. The summed E-state index contributed by atoms with van der Waals surface area (Å²) in [7, 11) is 1.71. The van der Waals surface area contributed by atoms with Gasteiger partial charge in [-0.25, -0.2) is 0 Å².